The van der Waals surface area contributed by atoms with Gasteiger partial charge < -0.3 is 9.64 Å². The van der Waals surface area contributed by atoms with Gasteiger partial charge in [0.25, 0.3) is 0 Å². The molecule has 25 heavy (non-hydrogen) atoms. The molecule has 3 rings (SSSR count). The highest BCUT2D eigenvalue weighted by Crippen LogP contribution is 2.27. The van der Waals surface area contributed by atoms with E-state index in [2.05, 4.69) is 36.1 Å². The molecule has 4 heteroatoms. The van der Waals surface area contributed by atoms with Crippen molar-refractivity contribution in [2.24, 2.45) is 0 Å². The predicted molar refractivity (Wildman–Crippen MR) is 99.4 cm³/mol. The number of nitrogens with zero attached hydrogens (tertiary/aromatic N) is 2. The summed E-state index contributed by atoms with van der Waals surface area (Å²) in [5, 5.41) is 0. The summed E-state index contributed by atoms with van der Waals surface area (Å²) in [6.45, 7) is 4.79. The Morgan fingerprint density at radius 1 is 1.12 bits per heavy atom. The number of carbonyl (C=O) groups is 1. The first-order chi connectivity index (χ1) is 12.1. The Morgan fingerprint density at radius 2 is 1.68 bits per heavy atom. The monoisotopic (exact) mass is 338 g/mol. The minimum atomic E-state index is -0.0756. The number of benzene rings is 2. The van der Waals surface area contributed by atoms with Crippen LogP contribution in [0.2, 0.25) is 0 Å². The average molecular weight is 338 g/mol. The van der Waals surface area contributed by atoms with Crippen molar-refractivity contribution in [2.75, 3.05) is 33.3 Å². The number of carbonyl (C=O) groups excluding carboxylic acids is 1. The summed E-state index contributed by atoms with van der Waals surface area (Å²) in [6, 6.07) is 20.3. The Hall–Kier alpha value is -2.17. The lowest BCUT2D eigenvalue weighted by atomic mass is 9.97. The molecule has 0 saturated carbocycles. The van der Waals surface area contributed by atoms with Gasteiger partial charge in [-0.15, -0.1) is 0 Å². The molecular weight excluding hydrogens is 312 g/mol. The maximum absolute atomic E-state index is 12.9. The van der Waals surface area contributed by atoms with E-state index in [9.17, 15) is 4.79 Å². The Bertz CT molecular complexity index is 635. The fourth-order valence-corrected chi connectivity index (χ4v) is 3.39. The van der Waals surface area contributed by atoms with Crippen LogP contribution in [0.4, 0.5) is 0 Å². The maximum Gasteiger partial charge on any atom is 0.237 e. The van der Waals surface area contributed by atoms with Gasteiger partial charge in [0.05, 0.1) is 25.3 Å². The molecule has 0 N–H and O–H groups in total. The first kappa shape index (κ1) is 17.6. The SMILES string of the molecule is CC1CN(CC(=O)N(C)C(c2ccccc2)c2ccccc2)CCO1. The lowest BCUT2D eigenvalue weighted by Crippen LogP contribution is -2.47. The second-order valence-electron chi connectivity index (χ2n) is 6.65. The van der Waals surface area contributed by atoms with Gasteiger partial charge in [-0.05, 0) is 18.1 Å². The van der Waals surface area contributed by atoms with E-state index in [-0.39, 0.29) is 18.1 Å². The molecule has 0 radical (unpaired) electrons. The maximum atomic E-state index is 12.9. The zero-order valence-electron chi connectivity index (χ0n) is 15.0. The topological polar surface area (TPSA) is 32.8 Å². The summed E-state index contributed by atoms with van der Waals surface area (Å²) in [5.41, 5.74) is 2.25. The minimum Gasteiger partial charge on any atom is -0.376 e. The van der Waals surface area contributed by atoms with Crippen LogP contribution in [0.15, 0.2) is 60.7 Å². The van der Waals surface area contributed by atoms with Crippen molar-refractivity contribution in [1.82, 2.24) is 9.80 Å². The molecule has 1 heterocycles. The fourth-order valence-electron chi connectivity index (χ4n) is 3.39. The van der Waals surface area contributed by atoms with Gasteiger partial charge >= 0.3 is 0 Å². The molecule has 1 aliphatic rings. The van der Waals surface area contributed by atoms with E-state index >= 15 is 0 Å². The van der Waals surface area contributed by atoms with Crippen LogP contribution in [-0.4, -0.2) is 55.1 Å². The third-order valence-electron chi connectivity index (χ3n) is 4.70. The lowest BCUT2D eigenvalue weighted by Gasteiger charge is -2.34. The van der Waals surface area contributed by atoms with Crippen molar-refractivity contribution in [3.05, 3.63) is 71.8 Å². The van der Waals surface area contributed by atoms with Crippen molar-refractivity contribution < 1.29 is 9.53 Å². The molecule has 2 aromatic carbocycles. The molecule has 1 unspecified atom stereocenters. The number of rotatable bonds is 5. The van der Waals surface area contributed by atoms with Gasteiger partial charge in [0.1, 0.15) is 0 Å². The predicted octanol–water partition coefficient (Wildman–Crippen LogP) is 2.96. The number of ether oxygens (including phenoxy) is 1. The fraction of sp³-hybridized carbons (Fsp3) is 0.381. The molecule has 2 aromatic rings. The molecule has 1 amide bonds. The Morgan fingerprint density at radius 3 is 2.20 bits per heavy atom. The van der Waals surface area contributed by atoms with Crippen molar-refractivity contribution >= 4 is 5.91 Å². The Kier molecular flexibility index (Phi) is 5.84. The third-order valence-corrected chi connectivity index (χ3v) is 4.70. The van der Waals surface area contributed by atoms with E-state index in [4.69, 9.17) is 4.74 Å². The van der Waals surface area contributed by atoms with Gasteiger partial charge in [-0.25, -0.2) is 0 Å². The van der Waals surface area contributed by atoms with Gasteiger partial charge in [-0.3, -0.25) is 9.69 Å². The minimum absolute atomic E-state index is 0.0756. The summed E-state index contributed by atoms with van der Waals surface area (Å²) < 4.78 is 5.57. The molecule has 0 bridgehead atoms. The quantitative estimate of drug-likeness (QED) is 0.840. The molecule has 1 atom stereocenters. The Balaban J connectivity index is 1.79. The van der Waals surface area contributed by atoms with Gasteiger partial charge in [-0.2, -0.15) is 0 Å². The number of morpholine rings is 1. The average Bonchev–Trinajstić information content (AvgIpc) is 2.63. The van der Waals surface area contributed by atoms with Gasteiger partial charge in [-0.1, -0.05) is 60.7 Å². The van der Waals surface area contributed by atoms with E-state index in [1.807, 2.05) is 48.3 Å². The molecule has 4 nitrogen and oxygen atoms in total. The highest BCUT2D eigenvalue weighted by atomic mass is 16.5. The van der Waals surface area contributed by atoms with E-state index in [0.29, 0.717) is 13.2 Å². The van der Waals surface area contributed by atoms with Crippen molar-refractivity contribution in [2.45, 2.75) is 19.1 Å². The van der Waals surface area contributed by atoms with E-state index in [1.165, 1.54) is 0 Å². The largest absolute Gasteiger partial charge is 0.376 e. The number of amides is 1. The highest BCUT2D eigenvalue weighted by molar-refractivity contribution is 5.79. The van der Waals surface area contributed by atoms with Gasteiger partial charge in [0.15, 0.2) is 0 Å². The summed E-state index contributed by atoms with van der Waals surface area (Å²) in [6.07, 6.45) is 0.186. The first-order valence-corrected chi connectivity index (χ1v) is 8.84. The zero-order chi connectivity index (χ0) is 17.6. The normalized spacial score (nSPS) is 18.3. The molecule has 0 aromatic heterocycles. The van der Waals surface area contributed by atoms with Crippen molar-refractivity contribution in [3.63, 3.8) is 0 Å². The lowest BCUT2D eigenvalue weighted by molar-refractivity contribution is -0.134. The second kappa shape index (κ2) is 8.28. The van der Waals surface area contributed by atoms with E-state index in [0.717, 1.165) is 24.2 Å². The van der Waals surface area contributed by atoms with Crippen LogP contribution in [0.5, 0.6) is 0 Å². The summed E-state index contributed by atoms with van der Waals surface area (Å²) in [7, 11) is 1.90. The standard InChI is InChI=1S/C21H26N2O2/c1-17-15-23(13-14-25-17)16-20(24)22(2)21(18-9-5-3-6-10-18)19-11-7-4-8-12-19/h3-12,17,21H,13-16H2,1-2H3. The van der Waals surface area contributed by atoms with Crippen LogP contribution in [0.25, 0.3) is 0 Å². The Labute approximate surface area is 150 Å². The molecule has 0 aliphatic carbocycles. The van der Waals surface area contributed by atoms with Gasteiger partial charge in [0.2, 0.25) is 5.91 Å². The smallest absolute Gasteiger partial charge is 0.237 e. The molecule has 132 valence electrons. The summed E-state index contributed by atoms with van der Waals surface area (Å²) in [5.74, 6) is 0.131. The van der Waals surface area contributed by atoms with Crippen LogP contribution < -0.4 is 0 Å². The summed E-state index contributed by atoms with van der Waals surface area (Å²) >= 11 is 0. The number of likely N-dealkylation sites (N-methyl/N-ethyl adjacent to an activating group) is 1. The van der Waals surface area contributed by atoms with Gasteiger partial charge in [0, 0.05) is 20.1 Å². The zero-order valence-corrected chi connectivity index (χ0v) is 15.0. The van der Waals surface area contributed by atoms with E-state index in [1.54, 1.807) is 0 Å². The molecule has 1 saturated heterocycles. The second-order valence-corrected chi connectivity index (χ2v) is 6.65. The molecule has 1 aliphatic heterocycles. The van der Waals surface area contributed by atoms with Crippen LogP contribution in [0, 0.1) is 0 Å². The van der Waals surface area contributed by atoms with Crippen LogP contribution in [0.3, 0.4) is 0 Å². The third kappa shape index (κ3) is 4.47. The van der Waals surface area contributed by atoms with Crippen molar-refractivity contribution in [1.29, 1.82) is 0 Å². The molecular formula is C21H26N2O2. The first-order valence-electron chi connectivity index (χ1n) is 8.84. The number of hydrogen-bond acceptors (Lipinski definition) is 3. The molecule has 1 fully saturated rings. The van der Waals surface area contributed by atoms with Crippen molar-refractivity contribution in [3.8, 4) is 0 Å². The van der Waals surface area contributed by atoms with Crippen LogP contribution in [-0.2, 0) is 9.53 Å². The van der Waals surface area contributed by atoms with E-state index < -0.39 is 0 Å². The summed E-state index contributed by atoms with van der Waals surface area (Å²) in [4.78, 5) is 17.0. The van der Waals surface area contributed by atoms with Crippen LogP contribution >= 0.6 is 0 Å². The highest BCUT2D eigenvalue weighted by Gasteiger charge is 2.26. The number of hydrogen-bond donors (Lipinski definition) is 0. The molecule has 0 spiro atoms. The van der Waals surface area contributed by atoms with Crippen LogP contribution in [0.1, 0.15) is 24.1 Å².